The van der Waals surface area contributed by atoms with Crippen molar-refractivity contribution in [2.75, 3.05) is 6.54 Å². The monoisotopic (exact) mass is 365 g/mol. The molecule has 128 valence electrons. The van der Waals surface area contributed by atoms with Gasteiger partial charge in [-0.3, -0.25) is 4.79 Å². The Kier molecular flexibility index (Phi) is 6.27. The standard InChI is InChI=1S/C19H21Cl2NO2/c1-4-14-6-7-22(12(3)15(14)5-2)19(24)10-16-17(20)8-13(11-23)9-18(16)21/h4-5,8-9,12,23H,1-2,6-7,10-11H2,3H3. The Hall–Kier alpha value is -1.55. The van der Waals surface area contributed by atoms with Gasteiger partial charge >= 0.3 is 0 Å². The topological polar surface area (TPSA) is 40.5 Å². The van der Waals surface area contributed by atoms with Crippen molar-refractivity contribution in [1.29, 1.82) is 0 Å². The van der Waals surface area contributed by atoms with Crippen LogP contribution in [-0.4, -0.2) is 28.5 Å². The van der Waals surface area contributed by atoms with E-state index in [1.807, 2.05) is 17.9 Å². The first-order chi connectivity index (χ1) is 11.4. The number of rotatable bonds is 5. The minimum absolute atomic E-state index is 0.0366. The predicted molar refractivity (Wildman–Crippen MR) is 99.3 cm³/mol. The van der Waals surface area contributed by atoms with Gasteiger partial charge in [0.1, 0.15) is 0 Å². The van der Waals surface area contributed by atoms with Gasteiger partial charge in [0.2, 0.25) is 5.91 Å². The van der Waals surface area contributed by atoms with Gasteiger partial charge < -0.3 is 10.0 Å². The molecule has 1 unspecified atom stereocenters. The summed E-state index contributed by atoms with van der Waals surface area (Å²) in [5.41, 5.74) is 3.37. The molecule has 1 aromatic rings. The predicted octanol–water partition coefficient (Wildman–Crippen LogP) is 4.32. The number of allylic oxidation sites excluding steroid dienone is 1. The summed E-state index contributed by atoms with van der Waals surface area (Å²) in [4.78, 5) is 14.6. The van der Waals surface area contributed by atoms with Crippen molar-refractivity contribution in [1.82, 2.24) is 4.90 Å². The van der Waals surface area contributed by atoms with E-state index >= 15 is 0 Å². The maximum atomic E-state index is 12.8. The van der Waals surface area contributed by atoms with E-state index < -0.39 is 0 Å². The largest absolute Gasteiger partial charge is 0.392 e. The van der Waals surface area contributed by atoms with E-state index in [2.05, 4.69) is 13.2 Å². The molecular formula is C19H21Cl2NO2. The average Bonchev–Trinajstić information content (AvgIpc) is 2.57. The number of nitrogens with zero attached hydrogens (tertiary/aromatic N) is 1. The molecule has 0 spiro atoms. The number of carbonyl (C=O) groups is 1. The van der Waals surface area contributed by atoms with Gasteiger partial charge in [-0.2, -0.15) is 0 Å². The van der Waals surface area contributed by atoms with Crippen molar-refractivity contribution < 1.29 is 9.90 Å². The third-order valence-corrected chi connectivity index (χ3v) is 5.08. The maximum Gasteiger partial charge on any atom is 0.227 e. The van der Waals surface area contributed by atoms with E-state index in [1.54, 1.807) is 18.2 Å². The molecule has 0 fully saturated rings. The fraction of sp³-hybridized carbons (Fsp3) is 0.316. The second-order valence-corrected chi connectivity index (χ2v) is 6.59. The molecule has 24 heavy (non-hydrogen) atoms. The molecule has 3 nitrogen and oxygen atoms in total. The number of amides is 1. The summed E-state index contributed by atoms with van der Waals surface area (Å²) >= 11 is 12.5. The van der Waals surface area contributed by atoms with Crippen LogP contribution in [0.2, 0.25) is 10.0 Å². The van der Waals surface area contributed by atoms with Gasteiger partial charge in [0.25, 0.3) is 0 Å². The highest BCUT2D eigenvalue weighted by molar-refractivity contribution is 6.36. The van der Waals surface area contributed by atoms with Gasteiger partial charge in [-0.15, -0.1) is 0 Å². The zero-order chi connectivity index (χ0) is 17.9. The Morgan fingerprint density at radius 3 is 2.46 bits per heavy atom. The van der Waals surface area contributed by atoms with Crippen LogP contribution in [0.4, 0.5) is 0 Å². The van der Waals surface area contributed by atoms with Crippen molar-refractivity contribution in [3.8, 4) is 0 Å². The van der Waals surface area contributed by atoms with Crippen LogP contribution in [0.25, 0.3) is 0 Å². The van der Waals surface area contributed by atoms with Crippen molar-refractivity contribution in [2.45, 2.75) is 32.4 Å². The van der Waals surface area contributed by atoms with Crippen LogP contribution in [0.3, 0.4) is 0 Å². The smallest absolute Gasteiger partial charge is 0.227 e. The first-order valence-corrected chi connectivity index (χ1v) is 8.53. The van der Waals surface area contributed by atoms with Crippen molar-refractivity contribution in [3.05, 3.63) is 69.8 Å². The summed E-state index contributed by atoms with van der Waals surface area (Å²) in [6, 6.07) is 3.22. The summed E-state index contributed by atoms with van der Waals surface area (Å²) in [5, 5.41) is 9.99. The highest BCUT2D eigenvalue weighted by atomic mass is 35.5. The molecule has 0 aliphatic carbocycles. The Morgan fingerprint density at radius 2 is 1.96 bits per heavy atom. The number of hydrogen-bond acceptors (Lipinski definition) is 2. The molecule has 0 saturated heterocycles. The van der Waals surface area contributed by atoms with E-state index in [-0.39, 0.29) is 25.0 Å². The van der Waals surface area contributed by atoms with E-state index in [0.717, 1.165) is 17.6 Å². The first kappa shape index (κ1) is 18.8. The molecule has 1 aliphatic heterocycles. The Labute approximate surface area is 152 Å². The van der Waals surface area contributed by atoms with Crippen LogP contribution in [0.5, 0.6) is 0 Å². The van der Waals surface area contributed by atoms with Gasteiger partial charge in [-0.25, -0.2) is 0 Å². The van der Waals surface area contributed by atoms with Gasteiger partial charge in [0, 0.05) is 16.6 Å². The zero-order valence-corrected chi connectivity index (χ0v) is 15.2. The molecule has 1 N–H and O–H groups in total. The van der Waals surface area contributed by atoms with E-state index in [4.69, 9.17) is 23.2 Å². The molecule has 1 aliphatic rings. The summed E-state index contributed by atoms with van der Waals surface area (Å²) in [6.45, 7) is 10.1. The summed E-state index contributed by atoms with van der Waals surface area (Å²) in [5.74, 6) is -0.0366. The molecule has 0 saturated carbocycles. The molecule has 0 radical (unpaired) electrons. The second kappa shape index (κ2) is 8.02. The van der Waals surface area contributed by atoms with Crippen molar-refractivity contribution in [3.63, 3.8) is 0 Å². The lowest BCUT2D eigenvalue weighted by Gasteiger charge is -2.35. The Balaban J connectivity index is 2.24. The van der Waals surface area contributed by atoms with E-state index in [1.165, 1.54) is 0 Å². The zero-order valence-electron chi connectivity index (χ0n) is 13.7. The molecule has 0 bridgehead atoms. The Bertz CT molecular complexity index is 686. The Morgan fingerprint density at radius 1 is 1.33 bits per heavy atom. The van der Waals surface area contributed by atoms with Crippen LogP contribution in [0, 0.1) is 0 Å². The third-order valence-electron chi connectivity index (χ3n) is 4.41. The number of aliphatic hydroxyl groups is 1. The van der Waals surface area contributed by atoms with Crippen LogP contribution >= 0.6 is 23.2 Å². The lowest BCUT2D eigenvalue weighted by molar-refractivity contribution is -0.132. The SMILES string of the molecule is C=CC1=C(C=C)C(C)N(C(=O)Cc2c(Cl)cc(CO)cc2Cl)CC1. The normalized spacial score (nSPS) is 17.8. The highest BCUT2D eigenvalue weighted by Crippen LogP contribution is 2.30. The number of carbonyl (C=O) groups excluding carboxylic acids is 1. The third kappa shape index (κ3) is 3.75. The van der Waals surface area contributed by atoms with Crippen LogP contribution < -0.4 is 0 Å². The van der Waals surface area contributed by atoms with Crippen molar-refractivity contribution >= 4 is 29.1 Å². The van der Waals surface area contributed by atoms with E-state index in [0.29, 0.717) is 27.7 Å². The molecule has 1 aromatic carbocycles. The average molecular weight is 366 g/mol. The lowest BCUT2D eigenvalue weighted by Crippen LogP contribution is -2.44. The summed E-state index contributed by atoms with van der Waals surface area (Å²) < 4.78 is 0. The second-order valence-electron chi connectivity index (χ2n) is 5.77. The summed E-state index contributed by atoms with van der Waals surface area (Å²) in [7, 11) is 0. The molecule has 5 heteroatoms. The molecule has 1 amide bonds. The van der Waals surface area contributed by atoms with Crippen LogP contribution in [0.15, 0.2) is 48.6 Å². The van der Waals surface area contributed by atoms with Gasteiger partial charge in [-0.05, 0) is 47.8 Å². The van der Waals surface area contributed by atoms with Crippen molar-refractivity contribution in [2.24, 2.45) is 0 Å². The highest BCUT2D eigenvalue weighted by Gasteiger charge is 2.28. The molecule has 1 heterocycles. The fourth-order valence-corrected chi connectivity index (χ4v) is 3.71. The minimum Gasteiger partial charge on any atom is -0.392 e. The molecule has 0 aromatic heterocycles. The molecular weight excluding hydrogens is 345 g/mol. The quantitative estimate of drug-likeness (QED) is 0.843. The van der Waals surface area contributed by atoms with Crippen LogP contribution in [0.1, 0.15) is 24.5 Å². The van der Waals surface area contributed by atoms with Gasteiger partial charge in [-0.1, -0.05) is 48.5 Å². The maximum absolute atomic E-state index is 12.8. The van der Waals surface area contributed by atoms with E-state index in [9.17, 15) is 9.90 Å². The first-order valence-electron chi connectivity index (χ1n) is 7.78. The minimum atomic E-state index is -0.144. The van der Waals surface area contributed by atoms with Gasteiger partial charge in [0.05, 0.1) is 19.1 Å². The number of hydrogen-bond donors (Lipinski definition) is 1. The molecule has 2 rings (SSSR count). The fourth-order valence-electron chi connectivity index (χ4n) is 3.05. The lowest BCUT2D eigenvalue weighted by atomic mass is 9.93. The number of aliphatic hydroxyl groups excluding tert-OH is 1. The van der Waals surface area contributed by atoms with Gasteiger partial charge in [0.15, 0.2) is 0 Å². The number of benzene rings is 1. The molecule has 1 atom stereocenters. The number of halogens is 2. The van der Waals surface area contributed by atoms with Crippen LogP contribution in [-0.2, 0) is 17.8 Å². The summed E-state index contributed by atoms with van der Waals surface area (Å²) in [6.07, 6.45) is 4.50.